The van der Waals surface area contributed by atoms with Crippen molar-refractivity contribution < 1.29 is 4.42 Å². The van der Waals surface area contributed by atoms with E-state index in [0.717, 1.165) is 34.5 Å². The van der Waals surface area contributed by atoms with Gasteiger partial charge in [0.2, 0.25) is 0 Å². The number of hydrogen-bond donors (Lipinski definition) is 1. The van der Waals surface area contributed by atoms with Gasteiger partial charge in [-0.15, -0.1) is 0 Å². The molecule has 4 heteroatoms. The molecular weight excluding hydrogens is 394 g/mol. The van der Waals surface area contributed by atoms with Gasteiger partial charge in [-0.05, 0) is 67.4 Å². The molecule has 0 spiro atoms. The Morgan fingerprint density at radius 3 is 2.50 bits per heavy atom. The second-order valence-corrected chi connectivity index (χ2v) is 9.15. The molecule has 0 amide bonds. The maximum Gasteiger partial charge on any atom is 0.137 e. The van der Waals surface area contributed by atoms with E-state index in [9.17, 15) is 0 Å². The quantitative estimate of drug-likeness (QED) is 0.400. The van der Waals surface area contributed by atoms with Crippen LogP contribution >= 0.6 is 0 Å². The molecule has 32 heavy (non-hydrogen) atoms. The highest BCUT2D eigenvalue weighted by Crippen LogP contribution is 2.41. The Bertz CT molecular complexity index is 1270. The Morgan fingerprint density at radius 2 is 1.72 bits per heavy atom. The predicted molar refractivity (Wildman–Crippen MR) is 132 cm³/mol. The van der Waals surface area contributed by atoms with Crippen molar-refractivity contribution in [3.05, 3.63) is 71.6 Å². The Balaban J connectivity index is 1.64. The van der Waals surface area contributed by atoms with Gasteiger partial charge in [0.05, 0.1) is 5.36 Å². The lowest BCUT2D eigenvalue weighted by atomic mass is 9.92. The Kier molecular flexibility index (Phi) is 5.71. The summed E-state index contributed by atoms with van der Waals surface area (Å²) in [5.41, 5.74) is 6.75. The van der Waals surface area contributed by atoms with Gasteiger partial charge in [-0.3, -0.25) is 4.90 Å². The number of rotatable bonds is 4. The van der Waals surface area contributed by atoms with Gasteiger partial charge in [0, 0.05) is 55.0 Å². The van der Waals surface area contributed by atoms with Gasteiger partial charge in [0.25, 0.3) is 0 Å². The van der Waals surface area contributed by atoms with Crippen LogP contribution in [0.4, 0.5) is 5.69 Å². The summed E-state index contributed by atoms with van der Waals surface area (Å²) in [7, 11) is 4.08. The van der Waals surface area contributed by atoms with Crippen LogP contribution in [0.3, 0.4) is 0 Å². The van der Waals surface area contributed by atoms with Gasteiger partial charge in [0.15, 0.2) is 0 Å². The standard InChI is InChI=1S/C28H31N3O/c1-30(2)23-11-13-25-27(18-23)32-26-17-22(29)10-12-24(26)28(25)21-9-7-8-20(16-21)19-31-14-5-3-4-6-15-31/h7-13,16-18,29H,3-6,14-15,19H2,1-2H3. The summed E-state index contributed by atoms with van der Waals surface area (Å²) in [6, 6.07) is 21.1. The van der Waals surface area contributed by atoms with Crippen molar-refractivity contribution in [2.75, 3.05) is 32.1 Å². The van der Waals surface area contributed by atoms with E-state index in [1.807, 2.05) is 32.3 Å². The zero-order valence-electron chi connectivity index (χ0n) is 19.0. The first kappa shape index (κ1) is 20.8. The minimum absolute atomic E-state index is 0.463. The number of anilines is 1. The van der Waals surface area contributed by atoms with Crippen molar-refractivity contribution in [2.45, 2.75) is 32.2 Å². The third-order valence-corrected chi connectivity index (χ3v) is 6.54. The van der Waals surface area contributed by atoms with E-state index in [1.165, 1.54) is 55.5 Å². The average Bonchev–Trinajstić information content (AvgIpc) is 3.05. The fourth-order valence-corrected chi connectivity index (χ4v) is 4.85. The Labute approximate surface area is 189 Å². The first-order chi connectivity index (χ1) is 15.6. The van der Waals surface area contributed by atoms with Gasteiger partial charge in [-0.1, -0.05) is 31.0 Å². The number of likely N-dealkylation sites (tertiary alicyclic amines) is 1. The number of nitrogens with zero attached hydrogens (tertiary/aromatic N) is 2. The van der Waals surface area contributed by atoms with Gasteiger partial charge in [0.1, 0.15) is 11.3 Å². The summed E-state index contributed by atoms with van der Waals surface area (Å²) in [4.78, 5) is 4.68. The summed E-state index contributed by atoms with van der Waals surface area (Å²) in [5, 5.41) is 9.66. The molecule has 0 bridgehead atoms. The topological polar surface area (TPSA) is 43.5 Å². The van der Waals surface area contributed by atoms with Crippen LogP contribution in [0.5, 0.6) is 0 Å². The zero-order valence-corrected chi connectivity index (χ0v) is 19.0. The van der Waals surface area contributed by atoms with Crippen LogP contribution in [-0.4, -0.2) is 32.1 Å². The van der Waals surface area contributed by atoms with E-state index in [1.54, 1.807) is 0 Å². The number of fused-ring (bicyclic) bond motifs is 2. The lowest BCUT2D eigenvalue weighted by Gasteiger charge is -2.21. The summed E-state index contributed by atoms with van der Waals surface area (Å²) in [6.45, 7) is 3.39. The smallest absolute Gasteiger partial charge is 0.137 e. The monoisotopic (exact) mass is 425 g/mol. The maximum absolute atomic E-state index is 8.09. The van der Waals surface area contributed by atoms with Gasteiger partial charge >= 0.3 is 0 Å². The minimum Gasteiger partial charge on any atom is -0.456 e. The van der Waals surface area contributed by atoms with E-state index < -0.39 is 0 Å². The second-order valence-electron chi connectivity index (χ2n) is 9.15. The molecule has 0 aromatic heterocycles. The van der Waals surface area contributed by atoms with E-state index in [0.29, 0.717) is 5.36 Å². The van der Waals surface area contributed by atoms with Crippen LogP contribution < -0.4 is 10.3 Å². The van der Waals surface area contributed by atoms with E-state index in [-0.39, 0.29) is 0 Å². The molecule has 1 fully saturated rings. The summed E-state index contributed by atoms with van der Waals surface area (Å²) in [6.07, 6.45) is 5.32. The SMILES string of the molecule is CN(C)c1ccc2c(-c3cccc(CN4CCCCCC4)c3)c3ccc(=N)cc-3oc2c1. The number of benzene rings is 3. The molecule has 2 aromatic rings. The molecule has 0 atom stereocenters. The van der Waals surface area contributed by atoms with Crippen LogP contribution in [-0.2, 0) is 6.54 Å². The van der Waals surface area contributed by atoms with E-state index >= 15 is 0 Å². The Morgan fingerprint density at radius 1 is 0.906 bits per heavy atom. The van der Waals surface area contributed by atoms with Gasteiger partial charge in [-0.25, -0.2) is 0 Å². The van der Waals surface area contributed by atoms with Crippen LogP contribution in [0.1, 0.15) is 31.2 Å². The molecule has 2 heterocycles. The fraction of sp³-hybridized carbons (Fsp3) is 0.321. The van der Waals surface area contributed by atoms with Crippen molar-refractivity contribution in [3.63, 3.8) is 0 Å². The molecule has 3 aliphatic rings. The minimum atomic E-state index is 0.463. The summed E-state index contributed by atoms with van der Waals surface area (Å²) < 4.78 is 6.29. The third-order valence-electron chi connectivity index (χ3n) is 6.54. The molecule has 4 nitrogen and oxygen atoms in total. The number of nitrogens with one attached hydrogen (secondary N) is 1. The fourth-order valence-electron chi connectivity index (χ4n) is 4.85. The molecule has 2 aromatic carbocycles. The maximum atomic E-state index is 8.09. The molecule has 5 rings (SSSR count). The molecule has 1 aliphatic carbocycles. The first-order valence-corrected chi connectivity index (χ1v) is 11.6. The van der Waals surface area contributed by atoms with Crippen molar-refractivity contribution in [1.82, 2.24) is 4.90 Å². The lowest BCUT2D eigenvalue weighted by molar-refractivity contribution is 0.277. The van der Waals surface area contributed by atoms with Crippen molar-refractivity contribution in [2.24, 2.45) is 0 Å². The second kappa shape index (κ2) is 8.79. The van der Waals surface area contributed by atoms with Crippen LogP contribution in [0.25, 0.3) is 33.4 Å². The molecule has 0 unspecified atom stereocenters. The first-order valence-electron chi connectivity index (χ1n) is 11.6. The highest BCUT2D eigenvalue weighted by molar-refractivity contribution is 6.02. The lowest BCUT2D eigenvalue weighted by Crippen LogP contribution is -2.23. The molecule has 0 radical (unpaired) electrons. The van der Waals surface area contributed by atoms with Crippen molar-refractivity contribution in [1.29, 1.82) is 5.41 Å². The van der Waals surface area contributed by atoms with Crippen LogP contribution in [0, 0.1) is 5.41 Å². The Hall–Kier alpha value is -3.11. The van der Waals surface area contributed by atoms with Crippen LogP contribution in [0.2, 0.25) is 0 Å². The number of hydrogen-bond acceptors (Lipinski definition) is 4. The molecule has 1 saturated heterocycles. The highest BCUT2D eigenvalue weighted by atomic mass is 16.3. The predicted octanol–water partition coefficient (Wildman–Crippen LogP) is 6.13. The molecule has 164 valence electrons. The molecule has 0 saturated carbocycles. The van der Waals surface area contributed by atoms with Crippen molar-refractivity contribution >= 4 is 16.7 Å². The largest absolute Gasteiger partial charge is 0.456 e. The van der Waals surface area contributed by atoms with Gasteiger partial charge < -0.3 is 14.7 Å². The zero-order chi connectivity index (χ0) is 22.1. The van der Waals surface area contributed by atoms with Gasteiger partial charge in [-0.2, -0.15) is 0 Å². The van der Waals surface area contributed by atoms with E-state index in [4.69, 9.17) is 9.83 Å². The average molecular weight is 426 g/mol. The molecular formula is C28H31N3O. The molecule has 1 N–H and O–H groups in total. The normalized spacial score (nSPS) is 15.2. The highest BCUT2D eigenvalue weighted by Gasteiger charge is 2.18. The summed E-state index contributed by atoms with van der Waals surface area (Å²) in [5.74, 6) is 0.758. The third kappa shape index (κ3) is 4.15. The van der Waals surface area contributed by atoms with E-state index in [2.05, 4.69) is 52.3 Å². The van der Waals surface area contributed by atoms with Crippen molar-refractivity contribution in [3.8, 4) is 22.5 Å². The summed E-state index contributed by atoms with van der Waals surface area (Å²) >= 11 is 0. The van der Waals surface area contributed by atoms with Crippen LogP contribution in [0.15, 0.2) is 65.1 Å². The molecule has 2 aliphatic heterocycles.